The van der Waals surface area contributed by atoms with Crippen LogP contribution in [0.4, 0.5) is 4.79 Å². The van der Waals surface area contributed by atoms with E-state index < -0.39 is 0 Å². The number of hydrogen-bond donors (Lipinski definition) is 2. The molecule has 1 aromatic carbocycles. The van der Waals surface area contributed by atoms with Crippen molar-refractivity contribution in [1.29, 1.82) is 0 Å². The number of nitrogens with zero attached hydrogens (tertiary/aromatic N) is 2. The van der Waals surface area contributed by atoms with Gasteiger partial charge in [0, 0.05) is 37.6 Å². The summed E-state index contributed by atoms with van der Waals surface area (Å²) < 4.78 is 0. The highest BCUT2D eigenvalue weighted by molar-refractivity contribution is 5.82. The number of hydrogen-bond acceptors (Lipinski definition) is 3. The van der Waals surface area contributed by atoms with Gasteiger partial charge in [0.15, 0.2) is 0 Å². The van der Waals surface area contributed by atoms with Gasteiger partial charge in [0.2, 0.25) is 5.91 Å². The molecule has 3 aliphatic rings. The lowest BCUT2D eigenvalue weighted by Gasteiger charge is -2.61. The maximum Gasteiger partial charge on any atom is 0.317 e. The van der Waals surface area contributed by atoms with E-state index in [4.69, 9.17) is 0 Å². The van der Waals surface area contributed by atoms with Crippen LogP contribution in [0.25, 0.3) is 0 Å². The third-order valence-corrected chi connectivity index (χ3v) is 8.06. The zero-order valence-corrected chi connectivity index (χ0v) is 18.0. The molecule has 0 spiro atoms. The Balaban J connectivity index is 1.59. The van der Waals surface area contributed by atoms with Gasteiger partial charge in [-0.05, 0) is 48.8 Å². The second-order valence-corrected chi connectivity index (χ2v) is 9.63. The number of amides is 3. The summed E-state index contributed by atoms with van der Waals surface area (Å²) in [5, 5.41) is 13.4. The molecule has 6 nitrogen and oxygen atoms in total. The Morgan fingerprint density at radius 2 is 2.00 bits per heavy atom. The largest absolute Gasteiger partial charge is 0.508 e. The summed E-state index contributed by atoms with van der Waals surface area (Å²) in [5.74, 6) is 0.367. The number of carbonyl (C=O) groups is 2. The van der Waals surface area contributed by atoms with Gasteiger partial charge in [-0.15, -0.1) is 0 Å². The summed E-state index contributed by atoms with van der Waals surface area (Å²) in [6, 6.07) is 5.80. The lowest BCUT2D eigenvalue weighted by Crippen LogP contribution is -2.65. The Morgan fingerprint density at radius 1 is 1.24 bits per heavy atom. The molecule has 1 aliphatic carbocycles. The minimum atomic E-state index is -0.136. The average Bonchev–Trinajstić information content (AvgIpc) is 3.15. The number of piperidine rings is 1. The summed E-state index contributed by atoms with van der Waals surface area (Å²) in [4.78, 5) is 29.5. The van der Waals surface area contributed by atoms with E-state index in [0.717, 1.165) is 24.9 Å². The molecule has 2 aliphatic heterocycles. The van der Waals surface area contributed by atoms with Gasteiger partial charge in [-0.25, -0.2) is 4.79 Å². The summed E-state index contributed by atoms with van der Waals surface area (Å²) >= 11 is 0. The van der Waals surface area contributed by atoms with Gasteiger partial charge in [0.25, 0.3) is 0 Å². The highest BCUT2D eigenvalue weighted by Gasteiger charge is 2.57. The van der Waals surface area contributed by atoms with Crippen molar-refractivity contribution >= 4 is 11.9 Å². The molecule has 2 N–H and O–H groups in total. The molecule has 2 saturated heterocycles. The van der Waals surface area contributed by atoms with E-state index in [1.807, 2.05) is 13.0 Å². The van der Waals surface area contributed by atoms with E-state index in [-0.39, 0.29) is 34.7 Å². The smallest absolute Gasteiger partial charge is 0.317 e. The number of aromatic hydroxyl groups is 1. The fourth-order valence-electron chi connectivity index (χ4n) is 5.83. The number of urea groups is 1. The van der Waals surface area contributed by atoms with E-state index in [9.17, 15) is 14.7 Å². The van der Waals surface area contributed by atoms with Crippen LogP contribution in [0.1, 0.15) is 51.7 Å². The number of benzene rings is 1. The fourth-order valence-corrected chi connectivity index (χ4v) is 5.83. The van der Waals surface area contributed by atoms with E-state index in [1.54, 1.807) is 11.0 Å². The maximum absolute atomic E-state index is 13.5. The molecule has 2 fully saturated rings. The van der Waals surface area contributed by atoms with Gasteiger partial charge in [0.05, 0.1) is 5.92 Å². The van der Waals surface area contributed by atoms with Crippen molar-refractivity contribution in [1.82, 2.24) is 15.1 Å². The zero-order chi connectivity index (χ0) is 21.0. The van der Waals surface area contributed by atoms with Crippen LogP contribution in [0, 0.1) is 11.3 Å². The molecular weight excluding hydrogens is 366 g/mol. The minimum absolute atomic E-state index is 0.0491. The Bertz CT molecular complexity index is 837. The Hall–Kier alpha value is -2.24. The quantitative estimate of drug-likeness (QED) is 0.803. The average molecular weight is 400 g/mol. The predicted octanol–water partition coefficient (Wildman–Crippen LogP) is 2.88. The number of nitrogens with one attached hydrogen (secondary N) is 1. The molecule has 29 heavy (non-hydrogen) atoms. The number of phenols is 1. The summed E-state index contributed by atoms with van der Waals surface area (Å²) in [7, 11) is 0. The molecule has 158 valence electrons. The first kappa shape index (κ1) is 20.0. The van der Waals surface area contributed by atoms with Crippen LogP contribution in [0.2, 0.25) is 0 Å². The van der Waals surface area contributed by atoms with Crippen molar-refractivity contribution in [2.24, 2.45) is 11.3 Å². The Kier molecular flexibility index (Phi) is 4.79. The first-order chi connectivity index (χ1) is 13.7. The summed E-state index contributed by atoms with van der Waals surface area (Å²) in [6.45, 7) is 11.2. The van der Waals surface area contributed by atoms with Gasteiger partial charge in [-0.2, -0.15) is 0 Å². The van der Waals surface area contributed by atoms with Crippen LogP contribution < -0.4 is 5.32 Å². The SMILES string of the molecule is CCNC(=O)N1CCC(C(=O)N2CC[C@@]3(C)c4cccc(O)c4C[C@H]2C3(C)C)C1. The fraction of sp³-hybridized carbons (Fsp3) is 0.652. The van der Waals surface area contributed by atoms with E-state index >= 15 is 0 Å². The standard InChI is InChI=1S/C23H33N3O3/c1-5-24-21(29)25-11-9-15(14-25)20(28)26-12-10-23(4)17-7-6-8-18(27)16(17)13-19(26)22(23,2)3/h6-8,15,19,27H,5,9-14H2,1-4H3,(H,24,29)/t15?,19-,23-/m0/s1. The van der Waals surface area contributed by atoms with Crippen molar-refractivity contribution in [3.05, 3.63) is 29.3 Å². The number of phenolic OH excluding ortho intramolecular Hbond substituents is 1. The lowest BCUT2D eigenvalue weighted by atomic mass is 9.51. The highest BCUT2D eigenvalue weighted by atomic mass is 16.3. The van der Waals surface area contributed by atoms with Crippen LogP contribution in [0.15, 0.2) is 18.2 Å². The molecule has 3 atom stereocenters. The molecule has 2 bridgehead atoms. The van der Waals surface area contributed by atoms with Crippen LogP contribution in [-0.2, 0) is 16.6 Å². The first-order valence-corrected chi connectivity index (χ1v) is 10.8. The second-order valence-electron chi connectivity index (χ2n) is 9.63. The maximum atomic E-state index is 13.5. The molecule has 0 radical (unpaired) electrons. The monoisotopic (exact) mass is 399 g/mol. The van der Waals surface area contributed by atoms with Gasteiger partial charge in [0.1, 0.15) is 5.75 Å². The predicted molar refractivity (Wildman–Crippen MR) is 112 cm³/mol. The van der Waals surface area contributed by atoms with Gasteiger partial charge < -0.3 is 20.2 Å². The number of carbonyl (C=O) groups excluding carboxylic acids is 2. The van der Waals surface area contributed by atoms with E-state index in [1.165, 1.54) is 5.56 Å². The molecule has 6 heteroatoms. The molecule has 0 saturated carbocycles. The van der Waals surface area contributed by atoms with Gasteiger partial charge in [-0.1, -0.05) is 32.9 Å². The van der Waals surface area contributed by atoms with Crippen LogP contribution in [0.3, 0.4) is 0 Å². The van der Waals surface area contributed by atoms with Gasteiger partial charge >= 0.3 is 6.03 Å². The van der Waals surface area contributed by atoms with Gasteiger partial charge in [-0.3, -0.25) is 4.79 Å². The minimum Gasteiger partial charge on any atom is -0.508 e. The van der Waals surface area contributed by atoms with Crippen molar-refractivity contribution in [2.75, 3.05) is 26.2 Å². The molecule has 0 aromatic heterocycles. The van der Waals surface area contributed by atoms with E-state index in [0.29, 0.717) is 31.8 Å². The highest BCUT2D eigenvalue weighted by Crippen LogP contribution is 2.57. The Morgan fingerprint density at radius 3 is 2.72 bits per heavy atom. The van der Waals surface area contributed by atoms with Crippen molar-refractivity contribution in [3.63, 3.8) is 0 Å². The van der Waals surface area contributed by atoms with E-state index in [2.05, 4.69) is 37.1 Å². The van der Waals surface area contributed by atoms with Crippen molar-refractivity contribution in [2.45, 2.75) is 58.4 Å². The number of rotatable bonds is 2. The summed E-state index contributed by atoms with van der Waals surface area (Å²) in [6.07, 6.45) is 2.28. The molecule has 1 unspecified atom stereocenters. The second kappa shape index (κ2) is 6.92. The summed E-state index contributed by atoms with van der Waals surface area (Å²) in [5.41, 5.74) is 2.05. The molecular formula is C23H33N3O3. The molecule has 1 aromatic rings. The number of fused-ring (bicyclic) bond motifs is 4. The Labute approximate surface area is 173 Å². The zero-order valence-electron chi connectivity index (χ0n) is 18.0. The normalized spacial score (nSPS) is 30.1. The van der Waals surface area contributed by atoms with Crippen LogP contribution in [-0.4, -0.2) is 59.1 Å². The third-order valence-electron chi connectivity index (χ3n) is 8.06. The van der Waals surface area contributed by atoms with Crippen LogP contribution >= 0.6 is 0 Å². The molecule has 4 rings (SSSR count). The topological polar surface area (TPSA) is 72.9 Å². The van der Waals surface area contributed by atoms with Crippen molar-refractivity contribution in [3.8, 4) is 5.75 Å². The lowest BCUT2D eigenvalue weighted by molar-refractivity contribution is -0.147. The molecule has 3 amide bonds. The van der Waals surface area contributed by atoms with Crippen LogP contribution in [0.5, 0.6) is 5.75 Å². The first-order valence-electron chi connectivity index (χ1n) is 10.8. The van der Waals surface area contributed by atoms with Crippen molar-refractivity contribution < 1.29 is 14.7 Å². The molecule has 2 heterocycles. The third kappa shape index (κ3) is 2.90. The number of likely N-dealkylation sites (tertiary alicyclic amines) is 2.